The molecule has 0 aliphatic carbocycles. The van der Waals surface area contributed by atoms with Gasteiger partial charge in [-0.25, -0.2) is 4.99 Å². The van der Waals surface area contributed by atoms with E-state index >= 15 is 0 Å². The molecule has 0 aromatic heterocycles. The lowest BCUT2D eigenvalue weighted by atomic mass is 10.3. The molecule has 1 unspecified atom stereocenters. The Morgan fingerprint density at radius 1 is 1.30 bits per heavy atom. The Kier molecular flexibility index (Phi) is 1.25. The quantitative estimate of drug-likeness (QED) is 0.550. The summed E-state index contributed by atoms with van der Waals surface area (Å²) in [7, 11) is 0. The van der Waals surface area contributed by atoms with E-state index in [1.54, 1.807) is 5.55 Å². The van der Waals surface area contributed by atoms with Crippen LogP contribution in [-0.4, -0.2) is 10.1 Å². The molecule has 0 saturated carbocycles. The van der Waals surface area contributed by atoms with Crippen molar-refractivity contribution in [1.82, 2.24) is 0 Å². The minimum Gasteiger partial charge on any atom is -0.345 e. The van der Waals surface area contributed by atoms with Crippen LogP contribution in [0.5, 0.6) is 0 Å². The van der Waals surface area contributed by atoms with Crippen LogP contribution in [0.25, 0.3) is 0 Å². The first-order valence-electron chi connectivity index (χ1n) is 2.99. The Morgan fingerprint density at radius 3 is 2.90 bits per heavy atom. The summed E-state index contributed by atoms with van der Waals surface area (Å²) < 4.78 is 9.30. The molecule has 1 heterocycles. The van der Waals surface area contributed by atoms with Gasteiger partial charge in [0, 0.05) is 4.90 Å². The van der Waals surface area contributed by atoms with E-state index in [-0.39, 0.29) is 0 Å². The second-order valence-corrected chi connectivity index (χ2v) is 3.48. The first-order valence-corrected chi connectivity index (χ1v) is 4.35. The zero-order chi connectivity index (χ0) is 6.97. The number of hydrogen-bond acceptors (Lipinski definition) is 2. The van der Waals surface area contributed by atoms with Crippen molar-refractivity contribution in [3.8, 4) is 0 Å². The van der Waals surface area contributed by atoms with Crippen LogP contribution in [0.1, 0.15) is 0 Å². The monoisotopic (exact) mass is 153 g/mol. The number of nitrogens with zero attached hydrogens (tertiary/aromatic N) is 1. The number of benzene rings is 1. The van der Waals surface area contributed by atoms with Crippen molar-refractivity contribution in [3.63, 3.8) is 0 Å². The van der Waals surface area contributed by atoms with Crippen LogP contribution < -0.4 is 0 Å². The number of aliphatic imine (C=N–C) groups is 1. The van der Waals surface area contributed by atoms with E-state index in [0.717, 1.165) is 10.6 Å². The van der Waals surface area contributed by atoms with E-state index in [1.807, 2.05) is 24.3 Å². The van der Waals surface area contributed by atoms with E-state index in [2.05, 4.69) is 4.99 Å². The second kappa shape index (κ2) is 2.11. The molecule has 1 aromatic carbocycles. The highest BCUT2D eigenvalue weighted by Gasteiger charge is 2.10. The highest BCUT2D eigenvalue weighted by Crippen LogP contribution is 2.42. The van der Waals surface area contributed by atoms with Crippen LogP contribution in [0.3, 0.4) is 0 Å². The molecule has 0 spiro atoms. The van der Waals surface area contributed by atoms with Gasteiger partial charge in [-0.15, -0.1) is 0 Å². The van der Waals surface area contributed by atoms with Gasteiger partial charge in [0.2, 0.25) is 0 Å². The maximum Gasteiger partial charge on any atom is 0.0778 e. The van der Waals surface area contributed by atoms with Crippen molar-refractivity contribution >= 4 is 22.4 Å². The first kappa shape index (κ1) is 5.95. The Balaban J connectivity index is 2.59. The van der Waals surface area contributed by atoms with Gasteiger partial charge in [0.05, 0.1) is 11.2 Å². The molecule has 1 N–H and O–H groups in total. The largest absolute Gasteiger partial charge is 0.345 e. The van der Waals surface area contributed by atoms with Gasteiger partial charge in [-0.1, -0.05) is 23.3 Å². The molecule has 1 aliphatic heterocycles. The predicted octanol–water partition coefficient (Wildman–Crippen LogP) is 2.19. The SMILES string of the molecule is O[SH]1C=Nc2ccccc21. The third-order valence-electron chi connectivity index (χ3n) is 1.43. The van der Waals surface area contributed by atoms with Crippen molar-refractivity contribution in [2.24, 2.45) is 4.99 Å². The molecule has 0 radical (unpaired) electrons. The summed E-state index contributed by atoms with van der Waals surface area (Å²) in [6, 6.07) is 7.65. The molecule has 0 amide bonds. The highest BCUT2D eigenvalue weighted by atomic mass is 32.2. The van der Waals surface area contributed by atoms with Crippen LogP contribution in [0, 0.1) is 0 Å². The zero-order valence-electron chi connectivity index (χ0n) is 5.23. The van der Waals surface area contributed by atoms with Crippen molar-refractivity contribution in [3.05, 3.63) is 24.3 Å². The van der Waals surface area contributed by atoms with E-state index < -0.39 is 11.2 Å². The molecular weight excluding hydrogens is 146 g/mol. The van der Waals surface area contributed by atoms with Crippen molar-refractivity contribution in [1.29, 1.82) is 0 Å². The van der Waals surface area contributed by atoms with Gasteiger partial charge >= 0.3 is 0 Å². The van der Waals surface area contributed by atoms with Gasteiger partial charge in [-0.2, -0.15) is 0 Å². The van der Waals surface area contributed by atoms with Crippen LogP contribution in [0.15, 0.2) is 34.2 Å². The number of rotatable bonds is 0. The number of fused-ring (bicyclic) bond motifs is 1. The molecule has 0 saturated heterocycles. The molecule has 1 atom stereocenters. The minimum absolute atomic E-state index is 0.913. The summed E-state index contributed by atoms with van der Waals surface area (Å²) in [5, 5.41) is 0. The van der Waals surface area contributed by atoms with Crippen LogP contribution >= 0.6 is 11.2 Å². The lowest BCUT2D eigenvalue weighted by Gasteiger charge is -2.02. The number of para-hydroxylation sites is 1. The Hall–Kier alpha value is -0.800. The third-order valence-corrected chi connectivity index (χ3v) is 2.64. The number of thiol groups is 1. The average molecular weight is 153 g/mol. The summed E-state index contributed by atoms with van der Waals surface area (Å²) in [5.41, 5.74) is 2.52. The maximum atomic E-state index is 9.30. The molecule has 3 heteroatoms. The van der Waals surface area contributed by atoms with Gasteiger partial charge in [-0.05, 0) is 12.1 Å². The summed E-state index contributed by atoms with van der Waals surface area (Å²) in [4.78, 5) is 5.00. The fourth-order valence-corrected chi connectivity index (χ4v) is 1.91. The predicted molar refractivity (Wildman–Crippen MR) is 44.5 cm³/mol. The summed E-state index contributed by atoms with van der Waals surface area (Å²) in [6.45, 7) is 0. The molecular formula is C7H7NOS. The number of hydrogen-bond donors (Lipinski definition) is 2. The molecule has 0 fully saturated rings. The van der Waals surface area contributed by atoms with Crippen molar-refractivity contribution in [2.45, 2.75) is 4.90 Å². The van der Waals surface area contributed by atoms with Crippen molar-refractivity contribution in [2.75, 3.05) is 0 Å². The Morgan fingerprint density at radius 2 is 2.10 bits per heavy atom. The molecule has 1 aliphatic rings. The van der Waals surface area contributed by atoms with Crippen LogP contribution in [0.2, 0.25) is 0 Å². The Labute approximate surface area is 61.8 Å². The molecule has 2 nitrogen and oxygen atoms in total. The van der Waals surface area contributed by atoms with E-state index in [0.29, 0.717) is 0 Å². The van der Waals surface area contributed by atoms with Crippen LogP contribution in [0.4, 0.5) is 5.69 Å². The Bertz CT molecular complexity index is 285. The fourth-order valence-electron chi connectivity index (χ4n) is 0.946. The summed E-state index contributed by atoms with van der Waals surface area (Å²) in [6.07, 6.45) is 0. The van der Waals surface area contributed by atoms with Gasteiger partial charge in [0.1, 0.15) is 0 Å². The van der Waals surface area contributed by atoms with Gasteiger partial charge in [-0.3, -0.25) is 0 Å². The molecule has 2 rings (SSSR count). The molecule has 52 valence electrons. The van der Waals surface area contributed by atoms with Gasteiger partial charge < -0.3 is 4.55 Å². The van der Waals surface area contributed by atoms with E-state index in [4.69, 9.17) is 0 Å². The standard InChI is InChI=1S/C7H7NOS/c9-10-5-8-6-3-1-2-4-7(6)10/h1-5,9-10H. The summed E-state index contributed by atoms with van der Waals surface area (Å²) >= 11 is -1.07. The van der Waals surface area contributed by atoms with E-state index in [1.165, 1.54) is 0 Å². The summed E-state index contributed by atoms with van der Waals surface area (Å²) in [5.74, 6) is 0. The molecule has 0 bridgehead atoms. The van der Waals surface area contributed by atoms with E-state index in [9.17, 15) is 4.55 Å². The first-order chi connectivity index (χ1) is 4.88. The smallest absolute Gasteiger partial charge is 0.0778 e. The highest BCUT2D eigenvalue weighted by molar-refractivity contribution is 8.24. The van der Waals surface area contributed by atoms with Crippen molar-refractivity contribution < 1.29 is 4.55 Å². The zero-order valence-corrected chi connectivity index (χ0v) is 6.12. The third kappa shape index (κ3) is 0.751. The second-order valence-electron chi connectivity index (χ2n) is 2.08. The lowest BCUT2D eigenvalue weighted by molar-refractivity contribution is 0.659. The fraction of sp³-hybridized carbons (Fsp3) is 0. The maximum absolute atomic E-state index is 9.30. The van der Waals surface area contributed by atoms with Gasteiger partial charge in [0.25, 0.3) is 0 Å². The average Bonchev–Trinajstić information content (AvgIpc) is 2.34. The normalized spacial score (nSPS) is 24.7. The molecule has 1 aromatic rings. The lowest BCUT2D eigenvalue weighted by Crippen LogP contribution is -1.73. The van der Waals surface area contributed by atoms with Crippen LogP contribution in [-0.2, 0) is 0 Å². The minimum atomic E-state index is -1.07. The topological polar surface area (TPSA) is 32.6 Å². The molecule has 10 heavy (non-hydrogen) atoms. The van der Waals surface area contributed by atoms with Gasteiger partial charge in [0.15, 0.2) is 0 Å².